The molecule has 0 aromatic heterocycles. The van der Waals surface area contributed by atoms with Crippen molar-refractivity contribution in [2.75, 3.05) is 0 Å². The first-order valence-corrected chi connectivity index (χ1v) is 8.25. The van der Waals surface area contributed by atoms with Crippen molar-refractivity contribution in [1.82, 2.24) is 0 Å². The van der Waals surface area contributed by atoms with Gasteiger partial charge >= 0.3 is 6.18 Å². The third-order valence-corrected chi connectivity index (χ3v) is 6.30. The van der Waals surface area contributed by atoms with E-state index < -0.39 is 17.8 Å². The van der Waals surface area contributed by atoms with E-state index >= 15 is 0 Å². The Bertz CT molecular complexity index is 455. The van der Waals surface area contributed by atoms with Crippen molar-refractivity contribution in [2.24, 2.45) is 34.7 Å². The number of halogens is 3. The van der Waals surface area contributed by atoms with Gasteiger partial charge < -0.3 is 5.11 Å². The van der Waals surface area contributed by atoms with Crippen LogP contribution in [-0.4, -0.2) is 17.0 Å². The number of rotatable bonds is 2. The zero-order valence-electron chi connectivity index (χ0n) is 12.5. The lowest BCUT2D eigenvalue weighted by molar-refractivity contribution is -0.287. The molecule has 0 aromatic rings. The molecule has 0 bridgehead atoms. The third kappa shape index (κ3) is 2.29. The maximum Gasteiger partial charge on any atom is 0.423 e. The summed E-state index contributed by atoms with van der Waals surface area (Å²) in [6.07, 6.45) is 2.33. The molecule has 7 heteroatoms. The van der Waals surface area contributed by atoms with Gasteiger partial charge in [0.25, 0.3) is 0 Å². The number of fused-ring (bicyclic) bond motifs is 3. The summed E-state index contributed by atoms with van der Waals surface area (Å²) < 4.78 is 40.6. The summed E-state index contributed by atoms with van der Waals surface area (Å²) in [6, 6.07) is 0. The lowest BCUT2D eigenvalue weighted by Crippen LogP contribution is -2.53. The van der Waals surface area contributed by atoms with E-state index in [0.717, 1.165) is 38.5 Å². The van der Waals surface area contributed by atoms with Crippen molar-refractivity contribution >= 4 is 0 Å². The second kappa shape index (κ2) is 5.60. The Kier molecular flexibility index (Phi) is 4.06. The van der Waals surface area contributed by atoms with Gasteiger partial charge in [0.05, 0.1) is 0 Å². The maximum absolute atomic E-state index is 13.5. The number of aliphatic hydroxyl groups is 1. The fourth-order valence-electron chi connectivity index (χ4n) is 5.63. The van der Waals surface area contributed by atoms with E-state index in [1.807, 2.05) is 0 Å². The summed E-state index contributed by atoms with van der Waals surface area (Å²) in [4.78, 5) is 2.35. The molecule has 124 valence electrons. The summed E-state index contributed by atoms with van der Waals surface area (Å²) in [5, 5.41) is 13.3. The van der Waals surface area contributed by atoms with Gasteiger partial charge in [-0.1, -0.05) is 25.7 Å². The van der Waals surface area contributed by atoms with E-state index in [4.69, 9.17) is 5.53 Å². The highest BCUT2D eigenvalue weighted by Gasteiger charge is 2.67. The van der Waals surface area contributed by atoms with Crippen LogP contribution < -0.4 is 0 Å². The first-order valence-electron chi connectivity index (χ1n) is 8.25. The monoisotopic (exact) mass is 317 g/mol. The smallest absolute Gasteiger partial charge is 0.376 e. The van der Waals surface area contributed by atoms with Gasteiger partial charge in [0, 0.05) is 10.8 Å². The van der Waals surface area contributed by atoms with E-state index in [0.29, 0.717) is 12.8 Å². The first kappa shape index (κ1) is 15.9. The minimum absolute atomic E-state index is 0.168. The summed E-state index contributed by atoms with van der Waals surface area (Å²) in [5.74, 6) is -0.796. The van der Waals surface area contributed by atoms with Crippen molar-refractivity contribution in [3.63, 3.8) is 0 Å². The maximum atomic E-state index is 13.5. The molecule has 0 spiro atoms. The quantitative estimate of drug-likeness (QED) is 0.444. The van der Waals surface area contributed by atoms with Gasteiger partial charge in [0.15, 0.2) is 0 Å². The Hall–Kier alpha value is -0.940. The van der Waals surface area contributed by atoms with Crippen LogP contribution in [0.15, 0.2) is 5.11 Å². The van der Waals surface area contributed by atoms with E-state index in [1.165, 1.54) is 0 Å². The Morgan fingerprint density at radius 1 is 0.864 bits per heavy atom. The molecule has 3 aliphatic rings. The molecule has 4 nitrogen and oxygen atoms in total. The molecule has 0 aliphatic heterocycles. The molecule has 0 saturated heterocycles. The molecule has 0 heterocycles. The van der Waals surface area contributed by atoms with Crippen LogP contribution in [0.3, 0.4) is 0 Å². The Labute approximate surface area is 127 Å². The fraction of sp³-hybridized carbons (Fsp3) is 1.00. The van der Waals surface area contributed by atoms with E-state index in [-0.39, 0.29) is 23.7 Å². The van der Waals surface area contributed by atoms with Crippen LogP contribution in [0.1, 0.15) is 51.4 Å². The van der Waals surface area contributed by atoms with Crippen molar-refractivity contribution in [3.8, 4) is 0 Å². The van der Waals surface area contributed by atoms with Gasteiger partial charge in [-0.05, 0) is 60.0 Å². The molecule has 3 aliphatic carbocycles. The summed E-state index contributed by atoms with van der Waals surface area (Å²) in [6.45, 7) is 0. The van der Waals surface area contributed by atoms with Crippen LogP contribution in [0, 0.1) is 29.6 Å². The van der Waals surface area contributed by atoms with Crippen LogP contribution >= 0.6 is 0 Å². The van der Waals surface area contributed by atoms with Gasteiger partial charge in [-0.2, -0.15) is 13.2 Å². The lowest BCUT2D eigenvalue weighted by atomic mass is 9.72. The van der Waals surface area contributed by atoms with Crippen LogP contribution in [0.2, 0.25) is 0 Å². The van der Waals surface area contributed by atoms with E-state index in [1.54, 1.807) is 0 Å². The summed E-state index contributed by atoms with van der Waals surface area (Å²) in [7, 11) is 0. The predicted octanol–water partition coefficient (Wildman–Crippen LogP) is 4.79. The van der Waals surface area contributed by atoms with Gasteiger partial charge in [-0.25, -0.2) is 0 Å². The molecular formula is C15H22F3N3O. The van der Waals surface area contributed by atoms with Crippen LogP contribution in [0.4, 0.5) is 13.2 Å². The molecule has 3 saturated carbocycles. The first-order chi connectivity index (χ1) is 10.4. The minimum atomic E-state index is -4.92. The lowest BCUT2D eigenvalue weighted by Gasteiger charge is -2.40. The molecular weight excluding hydrogens is 295 g/mol. The normalized spacial score (nSPS) is 41.0. The van der Waals surface area contributed by atoms with Crippen molar-refractivity contribution in [3.05, 3.63) is 10.4 Å². The van der Waals surface area contributed by atoms with E-state index in [2.05, 4.69) is 10.0 Å². The highest BCUT2D eigenvalue weighted by atomic mass is 19.4. The molecule has 0 aromatic carbocycles. The van der Waals surface area contributed by atoms with Gasteiger partial charge in [-0.15, -0.1) is 0 Å². The number of azide groups is 1. The largest absolute Gasteiger partial charge is 0.423 e. The molecule has 1 N–H and O–H groups in total. The number of nitrogens with zero attached hydrogens (tertiary/aromatic N) is 3. The van der Waals surface area contributed by atoms with Crippen molar-refractivity contribution in [1.29, 1.82) is 0 Å². The van der Waals surface area contributed by atoms with Crippen LogP contribution in [-0.2, 0) is 0 Å². The molecule has 5 unspecified atom stereocenters. The molecule has 0 radical (unpaired) electrons. The van der Waals surface area contributed by atoms with Crippen LogP contribution in [0.5, 0.6) is 0 Å². The molecule has 22 heavy (non-hydrogen) atoms. The van der Waals surface area contributed by atoms with Crippen LogP contribution in [0.25, 0.3) is 10.4 Å². The minimum Gasteiger partial charge on any atom is -0.376 e. The third-order valence-electron chi connectivity index (χ3n) is 6.30. The average molecular weight is 317 g/mol. The zero-order chi connectivity index (χ0) is 16.0. The van der Waals surface area contributed by atoms with E-state index in [9.17, 15) is 18.3 Å². The topological polar surface area (TPSA) is 69.0 Å². The molecule has 3 rings (SSSR count). The average Bonchev–Trinajstić information content (AvgIpc) is 2.81. The Morgan fingerprint density at radius 2 is 1.27 bits per heavy atom. The molecule has 5 atom stereocenters. The SMILES string of the molecule is [N-]=[N+]=NC(O)(C1C2CCCCC2C2CCCCC21)C(F)(F)F. The second-order valence-corrected chi connectivity index (χ2v) is 7.16. The predicted molar refractivity (Wildman–Crippen MR) is 74.5 cm³/mol. The highest BCUT2D eigenvalue weighted by molar-refractivity contribution is 5.08. The summed E-state index contributed by atoms with van der Waals surface area (Å²) >= 11 is 0. The summed E-state index contributed by atoms with van der Waals surface area (Å²) in [5.41, 5.74) is 5.36. The molecule has 0 amide bonds. The standard InChI is InChI=1S/C15H22F3N3O/c16-15(17,18)14(22,20-21-19)13-11-7-3-1-5-9(11)10-6-2-4-8-12(10)13/h9-13,22H,1-8H2. The number of hydrogen-bond acceptors (Lipinski definition) is 2. The number of hydrogen-bond donors (Lipinski definition) is 1. The van der Waals surface area contributed by atoms with Crippen molar-refractivity contribution < 1.29 is 18.3 Å². The van der Waals surface area contributed by atoms with Crippen molar-refractivity contribution in [2.45, 2.75) is 63.3 Å². The highest BCUT2D eigenvalue weighted by Crippen LogP contribution is 2.62. The van der Waals surface area contributed by atoms with Gasteiger partial charge in [0.1, 0.15) is 0 Å². The Balaban J connectivity index is 2.03. The van der Waals surface area contributed by atoms with Gasteiger partial charge in [-0.3, -0.25) is 0 Å². The molecule has 3 fully saturated rings. The van der Waals surface area contributed by atoms with Gasteiger partial charge in [0.2, 0.25) is 5.72 Å². The Morgan fingerprint density at radius 3 is 1.64 bits per heavy atom. The second-order valence-electron chi connectivity index (χ2n) is 7.16. The zero-order valence-corrected chi connectivity index (χ0v) is 12.5. The fourth-order valence-corrected chi connectivity index (χ4v) is 5.63. The number of alkyl halides is 3.